The van der Waals surface area contributed by atoms with Crippen LogP contribution in [-0.2, 0) is 4.74 Å². The third-order valence-corrected chi connectivity index (χ3v) is 2.14. The van der Waals surface area contributed by atoms with E-state index in [9.17, 15) is 9.18 Å². The second kappa shape index (κ2) is 4.53. The normalized spacial score (nSPS) is 11.5. The third-order valence-electron chi connectivity index (χ3n) is 2.14. The van der Waals surface area contributed by atoms with Gasteiger partial charge < -0.3 is 4.74 Å². The van der Waals surface area contributed by atoms with Crippen LogP contribution in [0, 0.1) is 5.82 Å². The summed E-state index contributed by atoms with van der Waals surface area (Å²) in [4.78, 5) is 11.9. The Hall–Kier alpha value is -1.22. The van der Waals surface area contributed by atoms with E-state index in [2.05, 4.69) is 0 Å². The van der Waals surface area contributed by atoms with E-state index in [1.54, 1.807) is 19.9 Å². The molecule has 1 aromatic rings. The molecular formula is C12H15FO2. The summed E-state index contributed by atoms with van der Waals surface area (Å²) in [5, 5.41) is 0. The first-order valence-electron chi connectivity index (χ1n) is 4.91. The molecule has 0 atom stereocenters. The Bertz CT molecular complexity index is 358. The van der Waals surface area contributed by atoms with Gasteiger partial charge in [0.1, 0.15) is 11.4 Å². The first-order valence-corrected chi connectivity index (χ1v) is 4.91. The maximum absolute atomic E-state index is 12.9. The van der Waals surface area contributed by atoms with E-state index in [-0.39, 0.29) is 5.78 Å². The minimum atomic E-state index is -0.900. The van der Waals surface area contributed by atoms with E-state index in [0.717, 1.165) is 0 Å². The molecule has 0 amide bonds. The van der Waals surface area contributed by atoms with Gasteiger partial charge in [0.05, 0.1) is 0 Å². The van der Waals surface area contributed by atoms with E-state index in [4.69, 9.17) is 4.74 Å². The Balaban J connectivity index is 2.94. The first-order chi connectivity index (χ1) is 6.97. The van der Waals surface area contributed by atoms with Gasteiger partial charge in [0.2, 0.25) is 0 Å². The lowest BCUT2D eigenvalue weighted by atomic mass is 9.96. The van der Waals surface area contributed by atoms with Crippen molar-refractivity contribution >= 4 is 5.78 Å². The molecule has 0 heterocycles. The van der Waals surface area contributed by atoms with Crippen molar-refractivity contribution in [2.45, 2.75) is 26.4 Å². The summed E-state index contributed by atoms with van der Waals surface area (Å²) in [5.41, 5.74) is -0.559. The van der Waals surface area contributed by atoms with Crippen molar-refractivity contribution in [3.8, 4) is 0 Å². The van der Waals surface area contributed by atoms with Gasteiger partial charge in [0, 0.05) is 12.2 Å². The van der Waals surface area contributed by atoms with Gasteiger partial charge >= 0.3 is 0 Å². The Morgan fingerprint density at radius 1 is 1.47 bits per heavy atom. The van der Waals surface area contributed by atoms with Gasteiger partial charge in [-0.05, 0) is 32.9 Å². The SMILES string of the molecule is CCOC(C)(C)C(=O)c1cccc(F)c1. The van der Waals surface area contributed by atoms with Gasteiger partial charge in [-0.2, -0.15) is 0 Å². The minimum absolute atomic E-state index is 0.205. The average molecular weight is 210 g/mol. The maximum atomic E-state index is 12.9. The zero-order valence-electron chi connectivity index (χ0n) is 9.21. The van der Waals surface area contributed by atoms with Gasteiger partial charge in [0.15, 0.2) is 5.78 Å². The highest BCUT2D eigenvalue weighted by Gasteiger charge is 2.28. The summed E-state index contributed by atoms with van der Waals surface area (Å²) in [5.74, 6) is -0.614. The number of hydrogen-bond acceptors (Lipinski definition) is 2. The molecule has 1 aromatic carbocycles. The molecule has 82 valence electrons. The number of carbonyl (C=O) groups is 1. The van der Waals surface area contributed by atoms with Gasteiger partial charge in [-0.1, -0.05) is 12.1 Å². The predicted octanol–water partition coefficient (Wildman–Crippen LogP) is 2.82. The summed E-state index contributed by atoms with van der Waals surface area (Å²) in [7, 11) is 0. The molecule has 0 aliphatic rings. The fraction of sp³-hybridized carbons (Fsp3) is 0.417. The summed E-state index contributed by atoms with van der Waals surface area (Å²) in [6, 6.07) is 5.64. The van der Waals surface area contributed by atoms with Crippen molar-refractivity contribution in [3.05, 3.63) is 35.6 Å². The standard InChI is InChI=1S/C12H15FO2/c1-4-15-12(2,3)11(14)9-6-5-7-10(13)8-9/h5-8H,4H2,1-3H3. The molecule has 0 aromatic heterocycles. The van der Waals surface area contributed by atoms with Crippen molar-refractivity contribution in [1.82, 2.24) is 0 Å². The molecule has 1 rings (SSSR count). The first kappa shape index (κ1) is 11.9. The van der Waals surface area contributed by atoms with Crippen LogP contribution in [0.15, 0.2) is 24.3 Å². The van der Waals surface area contributed by atoms with Gasteiger partial charge in [-0.25, -0.2) is 4.39 Å². The molecule has 0 fully saturated rings. The molecule has 0 aliphatic heterocycles. The van der Waals surface area contributed by atoms with Crippen LogP contribution >= 0.6 is 0 Å². The topological polar surface area (TPSA) is 26.3 Å². The predicted molar refractivity (Wildman–Crippen MR) is 56.4 cm³/mol. The molecule has 0 unspecified atom stereocenters. The molecule has 2 nitrogen and oxygen atoms in total. The van der Waals surface area contributed by atoms with Crippen molar-refractivity contribution < 1.29 is 13.9 Å². The molecule has 0 bridgehead atoms. The second-order valence-electron chi connectivity index (χ2n) is 3.78. The number of halogens is 1. The summed E-state index contributed by atoms with van der Waals surface area (Å²) in [6.45, 7) is 5.64. The van der Waals surface area contributed by atoms with E-state index in [1.807, 2.05) is 6.92 Å². The summed E-state index contributed by atoms with van der Waals surface area (Å²) >= 11 is 0. The van der Waals surface area contributed by atoms with Crippen LogP contribution in [0.25, 0.3) is 0 Å². The number of hydrogen-bond donors (Lipinski definition) is 0. The molecule has 0 saturated carbocycles. The highest BCUT2D eigenvalue weighted by atomic mass is 19.1. The Kier molecular flexibility index (Phi) is 3.58. The highest BCUT2D eigenvalue weighted by molar-refractivity contribution is 6.01. The Labute approximate surface area is 89.1 Å². The maximum Gasteiger partial charge on any atom is 0.194 e. The number of Topliss-reactive ketones (excluding diaryl/α,β-unsaturated/α-hetero) is 1. The van der Waals surface area contributed by atoms with Gasteiger partial charge in [0.25, 0.3) is 0 Å². The number of carbonyl (C=O) groups excluding carboxylic acids is 1. The fourth-order valence-corrected chi connectivity index (χ4v) is 1.40. The average Bonchev–Trinajstić information content (AvgIpc) is 2.16. The summed E-state index contributed by atoms with van der Waals surface area (Å²) in [6.07, 6.45) is 0. The monoisotopic (exact) mass is 210 g/mol. The molecular weight excluding hydrogens is 195 g/mol. The Morgan fingerprint density at radius 3 is 2.67 bits per heavy atom. The van der Waals surface area contributed by atoms with Crippen molar-refractivity contribution in [2.24, 2.45) is 0 Å². The van der Waals surface area contributed by atoms with Crippen LogP contribution in [0.2, 0.25) is 0 Å². The smallest absolute Gasteiger partial charge is 0.194 e. The van der Waals surface area contributed by atoms with E-state index >= 15 is 0 Å². The minimum Gasteiger partial charge on any atom is -0.368 e. The van der Waals surface area contributed by atoms with Crippen LogP contribution < -0.4 is 0 Å². The molecule has 0 aliphatic carbocycles. The largest absolute Gasteiger partial charge is 0.368 e. The summed E-state index contributed by atoms with van der Waals surface area (Å²) < 4.78 is 18.2. The van der Waals surface area contributed by atoms with Crippen LogP contribution in [0.3, 0.4) is 0 Å². The molecule has 15 heavy (non-hydrogen) atoms. The van der Waals surface area contributed by atoms with Gasteiger partial charge in [-0.15, -0.1) is 0 Å². The van der Waals surface area contributed by atoms with Crippen LogP contribution in [0.1, 0.15) is 31.1 Å². The zero-order chi connectivity index (χ0) is 11.5. The third kappa shape index (κ3) is 2.86. The van der Waals surface area contributed by atoms with Crippen LogP contribution in [0.5, 0.6) is 0 Å². The number of benzene rings is 1. The van der Waals surface area contributed by atoms with Crippen molar-refractivity contribution in [1.29, 1.82) is 0 Å². The fourth-order valence-electron chi connectivity index (χ4n) is 1.40. The number of rotatable bonds is 4. The lowest BCUT2D eigenvalue weighted by Crippen LogP contribution is -2.35. The molecule has 0 saturated heterocycles. The Morgan fingerprint density at radius 2 is 2.13 bits per heavy atom. The molecule has 0 spiro atoms. The quantitative estimate of drug-likeness (QED) is 0.714. The van der Waals surface area contributed by atoms with Crippen LogP contribution in [-0.4, -0.2) is 18.0 Å². The molecule has 0 N–H and O–H groups in total. The number of ether oxygens (including phenoxy) is 1. The lowest BCUT2D eigenvalue weighted by molar-refractivity contribution is 0.00124. The van der Waals surface area contributed by atoms with Crippen LogP contribution in [0.4, 0.5) is 4.39 Å². The van der Waals surface area contributed by atoms with Crippen molar-refractivity contribution in [2.75, 3.05) is 6.61 Å². The molecule has 3 heteroatoms. The number of ketones is 1. The van der Waals surface area contributed by atoms with Crippen molar-refractivity contribution in [3.63, 3.8) is 0 Å². The van der Waals surface area contributed by atoms with Gasteiger partial charge in [-0.3, -0.25) is 4.79 Å². The lowest BCUT2D eigenvalue weighted by Gasteiger charge is -2.22. The molecule has 0 radical (unpaired) electrons. The zero-order valence-corrected chi connectivity index (χ0v) is 9.21. The van der Waals surface area contributed by atoms with E-state index in [0.29, 0.717) is 12.2 Å². The highest BCUT2D eigenvalue weighted by Crippen LogP contribution is 2.17. The second-order valence-corrected chi connectivity index (χ2v) is 3.78. The van der Waals surface area contributed by atoms with E-state index < -0.39 is 11.4 Å². The van der Waals surface area contributed by atoms with E-state index in [1.165, 1.54) is 18.2 Å².